The normalized spacial score (nSPS) is 28.7. The van der Waals surface area contributed by atoms with Crippen molar-refractivity contribution >= 4 is 33.0 Å². The average Bonchev–Trinajstić information content (AvgIpc) is 2.46. The number of hydrogen-bond acceptors (Lipinski definition) is 2. The van der Waals surface area contributed by atoms with Crippen LogP contribution in [0.25, 0.3) is 0 Å². The first-order valence-corrected chi connectivity index (χ1v) is 5.57. The van der Waals surface area contributed by atoms with E-state index in [2.05, 4.69) is 28.1 Å². The second-order valence-corrected chi connectivity index (χ2v) is 5.70. The fraction of sp³-hybridized carbons (Fsp3) is 0.444. The number of carbonyl (C=O) groups excluding carboxylic acids is 1. The Morgan fingerprint density at radius 3 is 2.75 bits per heavy atom. The maximum atomic E-state index is 11.0. The highest BCUT2D eigenvalue weighted by atomic mass is 79.9. The highest BCUT2D eigenvalue weighted by Gasteiger charge is 2.37. The number of hydrogen-bond donors (Lipinski definition) is 0. The molecule has 1 fully saturated rings. The molecule has 2 atom stereocenters. The van der Waals surface area contributed by atoms with Crippen molar-refractivity contribution in [3.8, 4) is 0 Å². The summed E-state index contributed by atoms with van der Waals surface area (Å²) in [7, 11) is 0. The van der Waals surface area contributed by atoms with Crippen LogP contribution in [0.4, 0.5) is 0 Å². The molecule has 0 aliphatic heterocycles. The van der Waals surface area contributed by atoms with E-state index in [0.29, 0.717) is 11.7 Å². The van der Waals surface area contributed by atoms with Crippen LogP contribution in [0.5, 0.6) is 0 Å². The molecule has 1 nitrogen and oxygen atoms in total. The van der Waals surface area contributed by atoms with Gasteiger partial charge in [0.1, 0.15) is 5.78 Å². The molecular weight excluding hydrogens is 236 g/mol. The number of ketones is 1. The molecule has 1 aliphatic carbocycles. The van der Waals surface area contributed by atoms with Crippen LogP contribution in [-0.2, 0) is 4.79 Å². The lowest BCUT2D eigenvalue weighted by Gasteiger charge is -2.31. The van der Waals surface area contributed by atoms with Crippen molar-refractivity contribution in [2.24, 2.45) is 5.92 Å². The van der Waals surface area contributed by atoms with Gasteiger partial charge in [0, 0.05) is 23.1 Å². The van der Waals surface area contributed by atoms with Crippen LogP contribution in [0, 0.1) is 5.92 Å². The maximum absolute atomic E-state index is 11.0. The van der Waals surface area contributed by atoms with E-state index in [1.165, 1.54) is 4.88 Å². The number of thiophene rings is 1. The molecule has 0 spiro atoms. The van der Waals surface area contributed by atoms with Crippen molar-refractivity contribution in [2.75, 3.05) is 0 Å². The molecule has 2 rings (SSSR count). The molecule has 2 unspecified atom stereocenters. The van der Waals surface area contributed by atoms with Gasteiger partial charge < -0.3 is 0 Å². The highest BCUT2D eigenvalue weighted by molar-refractivity contribution is 9.11. The van der Waals surface area contributed by atoms with E-state index < -0.39 is 0 Å². The lowest BCUT2D eigenvalue weighted by atomic mass is 9.73. The van der Waals surface area contributed by atoms with Crippen molar-refractivity contribution in [3.63, 3.8) is 0 Å². The first-order valence-electron chi connectivity index (χ1n) is 3.96. The molecule has 0 amide bonds. The van der Waals surface area contributed by atoms with E-state index in [-0.39, 0.29) is 5.92 Å². The van der Waals surface area contributed by atoms with Crippen molar-refractivity contribution in [1.29, 1.82) is 0 Å². The van der Waals surface area contributed by atoms with E-state index >= 15 is 0 Å². The lowest BCUT2D eigenvalue weighted by molar-refractivity contribution is -0.129. The van der Waals surface area contributed by atoms with Crippen molar-refractivity contribution in [3.05, 3.63) is 20.8 Å². The zero-order valence-corrected chi connectivity index (χ0v) is 9.11. The molecule has 1 aromatic rings. The molecule has 1 aliphatic rings. The van der Waals surface area contributed by atoms with Crippen LogP contribution in [0.2, 0.25) is 0 Å². The largest absolute Gasteiger partial charge is 0.299 e. The van der Waals surface area contributed by atoms with Crippen molar-refractivity contribution < 1.29 is 4.79 Å². The summed E-state index contributed by atoms with van der Waals surface area (Å²) in [6.07, 6.45) is 0.744. The smallest absolute Gasteiger partial charge is 0.137 e. The lowest BCUT2D eigenvalue weighted by Crippen LogP contribution is -2.32. The molecule has 1 saturated carbocycles. The van der Waals surface area contributed by atoms with Gasteiger partial charge in [0.05, 0.1) is 3.79 Å². The molecule has 1 heterocycles. The van der Waals surface area contributed by atoms with E-state index in [1.807, 2.05) is 6.92 Å². The number of rotatable bonds is 1. The van der Waals surface area contributed by atoms with Crippen LogP contribution in [0.3, 0.4) is 0 Å². The van der Waals surface area contributed by atoms with Gasteiger partial charge in [-0.3, -0.25) is 4.79 Å². The summed E-state index contributed by atoms with van der Waals surface area (Å²) in [5, 5.41) is 0. The Morgan fingerprint density at radius 2 is 2.33 bits per heavy atom. The molecule has 0 aromatic carbocycles. The predicted octanol–water partition coefficient (Wildman–Crippen LogP) is 3.20. The summed E-state index contributed by atoms with van der Waals surface area (Å²) < 4.78 is 1.16. The molecule has 1 aromatic heterocycles. The van der Waals surface area contributed by atoms with Gasteiger partial charge in [-0.1, -0.05) is 6.92 Å². The number of carbonyl (C=O) groups is 1. The Balaban J connectivity index is 2.17. The Morgan fingerprint density at radius 1 is 1.58 bits per heavy atom. The first-order chi connectivity index (χ1) is 5.68. The van der Waals surface area contributed by atoms with Gasteiger partial charge in [-0.25, -0.2) is 0 Å². The minimum atomic E-state index is 0.246. The fourth-order valence-corrected chi connectivity index (χ4v) is 3.15. The van der Waals surface area contributed by atoms with Crippen LogP contribution in [0.15, 0.2) is 15.9 Å². The Hall–Kier alpha value is -0.150. The molecule has 0 bridgehead atoms. The van der Waals surface area contributed by atoms with Gasteiger partial charge in [0.2, 0.25) is 0 Å². The second kappa shape index (κ2) is 2.96. The molecule has 12 heavy (non-hydrogen) atoms. The Bertz CT molecular complexity index is 318. The van der Waals surface area contributed by atoms with E-state index in [4.69, 9.17) is 0 Å². The Labute approximate surface area is 83.9 Å². The monoisotopic (exact) mass is 244 g/mol. The fourth-order valence-electron chi connectivity index (χ4n) is 1.52. The zero-order valence-electron chi connectivity index (χ0n) is 6.71. The van der Waals surface area contributed by atoms with Crippen LogP contribution in [0.1, 0.15) is 24.1 Å². The quantitative estimate of drug-likeness (QED) is 0.742. The topological polar surface area (TPSA) is 17.1 Å². The summed E-state index contributed by atoms with van der Waals surface area (Å²) in [6.45, 7) is 2.02. The molecular formula is C9H9BrOS. The van der Waals surface area contributed by atoms with Gasteiger partial charge in [0.15, 0.2) is 0 Å². The first kappa shape index (κ1) is 8.45. The van der Waals surface area contributed by atoms with E-state index in [1.54, 1.807) is 11.3 Å². The summed E-state index contributed by atoms with van der Waals surface area (Å²) in [4.78, 5) is 12.4. The standard InChI is InChI=1S/C9H9BrOS/c1-5-6(4-7(5)11)8-2-3-9(10)12-8/h2-3,5-6H,4H2,1H3. The van der Waals surface area contributed by atoms with Crippen LogP contribution < -0.4 is 0 Å². The maximum Gasteiger partial charge on any atom is 0.137 e. The van der Waals surface area contributed by atoms with Gasteiger partial charge in [-0.05, 0) is 28.1 Å². The van der Waals surface area contributed by atoms with Gasteiger partial charge in [-0.2, -0.15) is 0 Å². The highest BCUT2D eigenvalue weighted by Crippen LogP contribution is 2.42. The third kappa shape index (κ3) is 1.25. The summed E-state index contributed by atoms with van der Waals surface area (Å²) in [5.74, 6) is 1.15. The number of Topliss-reactive ketones (excluding diaryl/α,β-unsaturated/α-hetero) is 1. The van der Waals surface area contributed by atoms with Crippen molar-refractivity contribution in [2.45, 2.75) is 19.3 Å². The number of halogens is 1. The minimum absolute atomic E-state index is 0.246. The van der Waals surface area contributed by atoms with Crippen molar-refractivity contribution in [1.82, 2.24) is 0 Å². The molecule has 0 N–H and O–H groups in total. The van der Waals surface area contributed by atoms with Crippen LogP contribution in [-0.4, -0.2) is 5.78 Å². The molecule has 64 valence electrons. The van der Waals surface area contributed by atoms with Crippen LogP contribution >= 0.6 is 27.3 Å². The minimum Gasteiger partial charge on any atom is -0.299 e. The van der Waals surface area contributed by atoms with Gasteiger partial charge in [0.25, 0.3) is 0 Å². The second-order valence-electron chi connectivity index (χ2n) is 3.21. The van der Waals surface area contributed by atoms with Gasteiger partial charge in [-0.15, -0.1) is 11.3 Å². The predicted molar refractivity (Wildman–Crippen MR) is 53.5 cm³/mol. The third-order valence-corrected chi connectivity index (χ3v) is 4.25. The van der Waals surface area contributed by atoms with E-state index in [0.717, 1.165) is 10.2 Å². The SMILES string of the molecule is CC1C(=O)CC1c1ccc(Br)s1. The van der Waals surface area contributed by atoms with E-state index in [9.17, 15) is 4.79 Å². The van der Waals surface area contributed by atoms with Gasteiger partial charge >= 0.3 is 0 Å². The molecule has 0 radical (unpaired) electrons. The third-order valence-electron chi connectivity index (χ3n) is 2.49. The summed E-state index contributed by atoms with van der Waals surface area (Å²) in [5.41, 5.74) is 0. The Kier molecular flexibility index (Phi) is 2.09. The molecule has 3 heteroatoms. The summed E-state index contributed by atoms with van der Waals surface area (Å²) in [6, 6.07) is 4.16. The zero-order chi connectivity index (χ0) is 8.72. The molecule has 0 saturated heterocycles. The average molecular weight is 245 g/mol. The summed E-state index contributed by atoms with van der Waals surface area (Å²) >= 11 is 5.16.